The highest BCUT2D eigenvalue weighted by atomic mass is 16.7. The van der Waals surface area contributed by atoms with Crippen LogP contribution in [-0.2, 0) is 11.3 Å². The maximum absolute atomic E-state index is 13.9. The molecular weight excluding hydrogens is 436 g/mol. The molecule has 2 heterocycles. The Hall–Kier alpha value is -3.49. The number of ether oxygens (including phenoxy) is 5. The van der Waals surface area contributed by atoms with E-state index in [1.165, 1.54) is 0 Å². The van der Waals surface area contributed by atoms with Crippen LogP contribution in [0.1, 0.15) is 0 Å². The van der Waals surface area contributed by atoms with Crippen LogP contribution < -0.4 is 24.5 Å². The third kappa shape index (κ3) is 3.78. The quantitative estimate of drug-likeness (QED) is 0.291. The standard InChI is InChI=1S/C26H28N2O6/c1-27(2)7-8-28-25-17(6-5-16-11-22-24(12-18(16)25)34-15-33-22)19-13-21(31-4)23(32-10-9-30-3)14-20(19)26(28)29/h5-6,11-14H,7-10,15H2,1-4H3. The predicted molar refractivity (Wildman–Crippen MR) is 132 cm³/mol. The molecule has 0 saturated carbocycles. The average Bonchev–Trinajstić information content (AvgIpc) is 3.29. The lowest BCUT2D eigenvalue weighted by Gasteiger charge is -2.19. The first-order valence-corrected chi connectivity index (χ1v) is 11.2. The van der Waals surface area contributed by atoms with Gasteiger partial charge in [-0.2, -0.15) is 0 Å². The second-order valence-electron chi connectivity index (χ2n) is 8.54. The number of benzene rings is 3. The highest BCUT2D eigenvalue weighted by molar-refractivity contribution is 6.16. The third-order valence-electron chi connectivity index (χ3n) is 6.14. The van der Waals surface area contributed by atoms with E-state index in [1.54, 1.807) is 20.3 Å². The van der Waals surface area contributed by atoms with Crippen molar-refractivity contribution in [3.63, 3.8) is 0 Å². The van der Waals surface area contributed by atoms with E-state index in [1.807, 2.05) is 36.9 Å². The Morgan fingerprint density at radius 1 is 0.912 bits per heavy atom. The number of methoxy groups -OCH3 is 2. The number of nitrogens with zero attached hydrogens (tertiary/aromatic N) is 2. The molecule has 3 aromatic carbocycles. The van der Waals surface area contributed by atoms with Crippen LogP contribution >= 0.6 is 0 Å². The third-order valence-corrected chi connectivity index (χ3v) is 6.14. The van der Waals surface area contributed by atoms with Crippen LogP contribution in [0.25, 0.3) is 32.4 Å². The molecule has 8 nitrogen and oxygen atoms in total. The fraction of sp³-hybridized carbons (Fsp3) is 0.346. The molecule has 5 rings (SSSR count). The van der Waals surface area contributed by atoms with Gasteiger partial charge in [-0.1, -0.05) is 12.1 Å². The number of fused-ring (bicyclic) bond motifs is 6. The van der Waals surface area contributed by atoms with E-state index in [2.05, 4.69) is 17.0 Å². The lowest BCUT2D eigenvalue weighted by molar-refractivity contribution is 0.144. The molecule has 0 bridgehead atoms. The molecule has 1 aliphatic heterocycles. The normalized spacial score (nSPS) is 12.9. The summed E-state index contributed by atoms with van der Waals surface area (Å²) in [5.41, 5.74) is 0.791. The van der Waals surface area contributed by atoms with E-state index in [4.69, 9.17) is 23.7 Å². The van der Waals surface area contributed by atoms with Gasteiger partial charge in [0.05, 0.1) is 24.6 Å². The highest BCUT2D eigenvalue weighted by Crippen LogP contribution is 2.41. The van der Waals surface area contributed by atoms with E-state index in [-0.39, 0.29) is 12.4 Å². The van der Waals surface area contributed by atoms with Gasteiger partial charge >= 0.3 is 0 Å². The van der Waals surface area contributed by atoms with Crippen molar-refractivity contribution in [2.75, 3.05) is 54.9 Å². The van der Waals surface area contributed by atoms with Crippen LogP contribution in [0.5, 0.6) is 23.0 Å². The average molecular weight is 465 g/mol. The van der Waals surface area contributed by atoms with E-state index >= 15 is 0 Å². The molecule has 4 aromatic rings. The van der Waals surface area contributed by atoms with Crippen LogP contribution in [0.4, 0.5) is 0 Å². The molecule has 0 atom stereocenters. The molecule has 0 saturated heterocycles. The Bertz CT molecular complexity index is 1440. The highest BCUT2D eigenvalue weighted by Gasteiger charge is 2.20. The zero-order valence-electron chi connectivity index (χ0n) is 19.8. The summed E-state index contributed by atoms with van der Waals surface area (Å²) in [7, 11) is 7.21. The van der Waals surface area contributed by atoms with Crippen molar-refractivity contribution in [2.45, 2.75) is 6.54 Å². The van der Waals surface area contributed by atoms with Crippen LogP contribution in [-0.4, -0.2) is 64.3 Å². The molecule has 1 aliphatic rings. The number of aromatic nitrogens is 1. The zero-order valence-corrected chi connectivity index (χ0v) is 19.8. The maximum atomic E-state index is 13.9. The van der Waals surface area contributed by atoms with E-state index in [0.717, 1.165) is 33.6 Å². The fourth-order valence-corrected chi connectivity index (χ4v) is 4.43. The monoisotopic (exact) mass is 464 g/mol. The lowest BCUT2D eigenvalue weighted by atomic mass is 10.00. The molecular formula is C26H28N2O6. The van der Waals surface area contributed by atoms with Gasteiger partial charge < -0.3 is 33.2 Å². The van der Waals surface area contributed by atoms with Crippen molar-refractivity contribution in [3.8, 4) is 23.0 Å². The molecule has 0 fully saturated rings. The minimum Gasteiger partial charge on any atom is -0.493 e. The SMILES string of the molecule is COCCOc1cc2c(=O)n(CCN(C)C)c3c4cc5c(cc4ccc3c2cc1OC)OCO5. The van der Waals surface area contributed by atoms with Crippen molar-refractivity contribution in [2.24, 2.45) is 0 Å². The Morgan fingerprint density at radius 3 is 2.41 bits per heavy atom. The summed E-state index contributed by atoms with van der Waals surface area (Å²) in [6.07, 6.45) is 0. The van der Waals surface area contributed by atoms with Gasteiger partial charge in [0, 0.05) is 36.4 Å². The van der Waals surface area contributed by atoms with Gasteiger partial charge in [0.25, 0.3) is 5.56 Å². The molecule has 0 N–H and O–H groups in total. The van der Waals surface area contributed by atoms with Crippen molar-refractivity contribution >= 4 is 32.4 Å². The van der Waals surface area contributed by atoms with Gasteiger partial charge in [0.2, 0.25) is 6.79 Å². The van der Waals surface area contributed by atoms with Gasteiger partial charge in [0.15, 0.2) is 23.0 Å². The van der Waals surface area contributed by atoms with Crippen molar-refractivity contribution < 1.29 is 23.7 Å². The minimum absolute atomic E-state index is 0.0752. The molecule has 178 valence electrons. The Morgan fingerprint density at radius 2 is 1.68 bits per heavy atom. The first-order chi connectivity index (χ1) is 16.5. The second kappa shape index (κ2) is 9.04. The van der Waals surface area contributed by atoms with Crippen LogP contribution in [0.15, 0.2) is 41.2 Å². The Labute approximate surface area is 197 Å². The van der Waals surface area contributed by atoms with E-state index in [9.17, 15) is 4.79 Å². The zero-order chi connectivity index (χ0) is 23.8. The van der Waals surface area contributed by atoms with Crippen molar-refractivity contribution in [1.82, 2.24) is 9.47 Å². The summed E-state index contributed by atoms with van der Waals surface area (Å²) in [5, 5.41) is 4.29. The minimum atomic E-state index is -0.0752. The molecule has 8 heteroatoms. The first kappa shape index (κ1) is 22.3. The maximum Gasteiger partial charge on any atom is 0.259 e. The number of hydrogen-bond donors (Lipinski definition) is 0. The van der Waals surface area contributed by atoms with Crippen LogP contribution in [0.2, 0.25) is 0 Å². The first-order valence-electron chi connectivity index (χ1n) is 11.2. The fourth-order valence-electron chi connectivity index (χ4n) is 4.43. The molecule has 0 radical (unpaired) electrons. The molecule has 1 aromatic heterocycles. The molecule has 0 unspecified atom stereocenters. The molecule has 0 spiro atoms. The smallest absolute Gasteiger partial charge is 0.259 e. The number of likely N-dealkylation sites (N-methyl/N-ethyl adjacent to an activating group) is 1. The van der Waals surface area contributed by atoms with Crippen LogP contribution in [0.3, 0.4) is 0 Å². The van der Waals surface area contributed by atoms with E-state index < -0.39 is 0 Å². The summed E-state index contributed by atoms with van der Waals surface area (Å²) in [6, 6.07) is 11.7. The largest absolute Gasteiger partial charge is 0.493 e. The lowest BCUT2D eigenvalue weighted by Crippen LogP contribution is -2.27. The summed E-state index contributed by atoms with van der Waals surface area (Å²) in [6.45, 7) is 2.25. The number of pyridine rings is 1. The topological polar surface area (TPSA) is 71.4 Å². The Balaban J connectivity index is 1.83. The Kier molecular flexibility index (Phi) is 5.93. The van der Waals surface area contributed by atoms with E-state index in [0.29, 0.717) is 48.1 Å². The van der Waals surface area contributed by atoms with Gasteiger partial charge in [0.1, 0.15) is 6.61 Å². The number of rotatable bonds is 8. The van der Waals surface area contributed by atoms with Gasteiger partial charge in [-0.3, -0.25) is 4.79 Å². The molecule has 0 amide bonds. The molecule has 34 heavy (non-hydrogen) atoms. The summed E-state index contributed by atoms with van der Waals surface area (Å²) in [5.74, 6) is 2.49. The van der Waals surface area contributed by atoms with Crippen molar-refractivity contribution in [3.05, 3.63) is 46.8 Å². The van der Waals surface area contributed by atoms with Gasteiger partial charge in [-0.05, 0) is 43.7 Å². The van der Waals surface area contributed by atoms with Gasteiger partial charge in [-0.15, -0.1) is 0 Å². The second-order valence-corrected chi connectivity index (χ2v) is 8.54. The summed E-state index contributed by atoms with van der Waals surface area (Å²) >= 11 is 0. The van der Waals surface area contributed by atoms with Crippen molar-refractivity contribution in [1.29, 1.82) is 0 Å². The number of hydrogen-bond acceptors (Lipinski definition) is 7. The van der Waals surface area contributed by atoms with Crippen LogP contribution in [0, 0.1) is 0 Å². The molecule has 0 aliphatic carbocycles. The summed E-state index contributed by atoms with van der Waals surface area (Å²) < 4.78 is 29.6. The predicted octanol–water partition coefficient (Wildman–Crippen LogP) is 3.63. The van der Waals surface area contributed by atoms with Gasteiger partial charge in [-0.25, -0.2) is 0 Å². The summed E-state index contributed by atoms with van der Waals surface area (Å²) in [4.78, 5) is 15.9.